The van der Waals surface area contributed by atoms with E-state index in [-0.39, 0.29) is 5.97 Å². The summed E-state index contributed by atoms with van der Waals surface area (Å²) in [5.41, 5.74) is 3.84. The number of rotatable bonds is 5. The normalized spacial score (nSPS) is 15.3. The van der Waals surface area contributed by atoms with Crippen molar-refractivity contribution in [3.8, 4) is 11.3 Å². The quantitative estimate of drug-likeness (QED) is 0.426. The Morgan fingerprint density at radius 3 is 2.68 bits per heavy atom. The van der Waals surface area contributed by atoms with E-state index < -0.39 is 0 Å². The molecule has 0 amide bonds. The molecule has 0 radical (unpaired) electrons. The molecule has 5 rings (SSSR count). The second kappa shape index (κ2) is 8.78. The van der Waals surface area contributed by atoms with E-state index in [1.54, 1.807) is 29.0 Å². The van der Waals surface area contributed by atoms with Gasteiger partial charge in [0.15, 0.2) is 5.65 Å². The lowest BCUT2D eigenvalue weighted by Crippen LogP contribution is -2.37. The third-order valence-electron chi connectivity index (χ3n) is 6.38. The molecule has 8 nitrogen and oxygen atoms in total. The van der Waals surface area contributed by atoms with Crippen LogP contribution in [0.2, 0.25) is 0 Å². The summed E-state index contributed by atoms with van der Waals surface area (Å²) in [6.07, 6.45) is 5.81. The number of methoxy groups -OCH3 is 1. The van der Waals surface area contributed by atoms with E-state index in [1.807, 2.05) is 30.3 Å². The Kier molecular flexibility index (Phi) is 5.65. The van der Waals surface area contributed by atoms with Crippen LogP contribution in [-0.4, -0.2) is 45.8 Å². The maximum atomic E-state index is 12.0. The van der Waals surface area contributed by atoms with Crippen molar-refractivity contribution in [2.45, 2.75) is 26.7 Å². The molecule has 1 saturated heterocycles. The Hall–Kier alpha value is -3.94. The van der Waals surface area contributed by atoms with E-state index in [2.05, 4.69) is 40.2 Å². The SMILES string of the molecule is COC(=O)c1cccc(-c2cc(Nc3cccc(N4CCC(C)(C)CC4)n3)c3nccn3n2)c1. The Balaban J connectivity index is 1.46. The van der Waals surface area contributed by atoms with Gasteiger partial charge in [0.25, 0.3) is 0 Å². The lowest BCUT2D eigenvalue weighted by atomic mass is 9.83. The van der Waals surface area contributed by atoms with Gasteiger partial charge in [0.2, 0.25) is 0 Å². The number of nitrogens with zero attached hydrogens (tertiary/aromatic N) is 5. The van der Waals surface area contributed by atoms with Crippen LogP contribution in [0.15, 0.2) is 60.9 Å². The molecule has 1 aromatic carbocycles. The topological polar surface area (TPSA) is 84.6 Å². The highest BCUT2D eigenvalue weighted by molar-refractivity contribution is 5.91. The number of anilines is 3. The van der Waals surface area contributed by atoms with Crippen molar-refractivity contribution in [1.29, 1.82) is 0 Å². The molecule has 1 N–H and O–H groups in total. The minimum absolute atomic E-state index is 0.383. The van der Waals surface area contributed by atoms with E-state index in [0.29, 0.717) is 22.3 Å². The van der Waals surface area contributed by atoms with Crippen LogP contribution in [0.4, 0.5) is 17.3 Å². The lowest BCUT2D eigenvalue weighted by Gasteiger charge is -2.37. The maximum absolute atomic E-state index is 12.0. The van der Waals surface area contributed by atoms with Gasteiger partial charge in [-0.1, -0.05) is 32.0 Å². The molecule has 0 unspecified atom stereocenters. The minimum atomic E-state index is -0.383. The van der Waals surface area contributed by atoms with Gasteiger partial charge < -0.3 is 15.0 Å². The number of nitrogens with one attached hydrogen (secondary N) is 1. The molecule has 4 heterocycles. The van der Waals surface area contributed by atoms with E-state index in [9.17, 15) is 4.79 Å². The smallest absolute Gasteiger partial charge is 0.337 e. The van der Waals surface area contributed by atoms with Crippen LogP contribution in [0.1, 0.15) is 37.0 Å². The molecule has 0 saturated carbocycles. The highest BCUT2D eigenvalue weighted by Gasteiger charge is 2.26. The van der Waals surface area contributed by atoms with Gasteiger partial charge >= 0.3 is 5.97 Å². The van der Waals surface area contributed by atoms with Crippen molar-refractivity contribution in [2.24, 2.45) is 5.41 Å². The second-order valence-corrected chi connectivity index (χ2v) is 9.37. The first kappa shape index (κ1) is 21.9. The van der Waals surface area contributed by atoms with Gasteiger partial charge in [-0.3, -0.25) is 0 Å². The molecular weight excluding hydrogens is 428 g/mol. The van der Waals surface area contributed by atoms with Crippen molar-refractivity contribution < 1.29 is 9.53 Å². The number of carbonyl (C=O) groups is 1. The fraction of sp³-hybridized carbons (Fsp3) is 0.308. The number of hydrogen-bond acceptors (Lipinski definition) is 7. The van der Waals surface area contributed by atoms with E-state index in [4.69, 9.17) is 9.72 Å². The number of piperidine rings is 1. The molecule has 0 aliphatic carbocycles. The van der Waals surface area contributed by atoms with Gasteiger partial charge in [0.1, 0.15) is 11.6 Å². The fourth-order valence-corrected chi connectivity index (χ4v) is 4.22. The number of hydrogen-bond donors (Lipinski definition) is 1. The first-order valence-electron chi connectivity index (χ1n) is 11.4. The molecule has 1 aliphatic heterocycles. The number of ether oxygens (including phenoxy) is 1. The third-order valence-corrected chi connectivity index (χ3v) is 6.38. The summed E-state index contributed by atoms with van der Waals surface area (Å²) in [6, 6.07) is 15.2. The zero-order valence-corrected chi connectivity index (χ0v) is 19.7. The summed E-state index contributed by atoms with van der Waals surface area (Å²) in [5.74, 6) is 1.33. The summed E-state index contributed by atoms with van der Waals surface area (Å²) < 4.78 is 6.58. The number of benzene rings is 1. The lowest BCUT2D eigenvalue weighted by molar-refractivity contribution is 0.0601. The molecular formula is C26H28N6O2. The fourth-order valence-electron chi connectivity index (χ4n) is 4.22. The van der Waals surface area contributed by atoms with Gasteiger partial charge in [0, 0.05) is 31.0 Å². The van der Waals surface area contributed by atoms with E-state index in [1.165, 1.54) is 7.11 Å². The predicted molar refractivity (Wildman–Crippen MR) is 133 cm³/mol. The molecule has 0 atom stereocenters. The van der Waals surface area contributed by atoms with Gasteiger partial charge in [-0.2, -0.15) is 5.10 Å². The standard InChI is InChI=1S/C26H28N6O2/c1-26(2)10-13-31(14-11-26)23-9-5-8-22(29-23)28-21-17-20(30-32-15-12-27-24(21)32)18-6-4-7-19(16-18)25(33)34-3/h4-9,12,15-17H,10-11,13-14H2,1-3H3,(H,28,29). The van der Waals surface area contributed by atoms with Crippen LogP contribution >= 0.6 is 0 Å². The number of fused-ring (bicyclic) bond motifs is 1. The largest absolute Gasteiger partial charge is 0.465 e. The summed E-state index contributed by atoms with van der Waals surface area (Å²) in [7, 11) is 1.37. The van der Waals surface area contributed by atoms with Crippen molar-refractivity contribution in [1.82, 2.24) is 19.6 Å². The summed E-state index contributed by atoms with van der Waals surface area (Å²) >= 11 is 0. The Bertz CT molecular complexity index is 1340. The van der Waals surface area contributed by atoms with Crippen LogP contribution in [0, 0.1) is 5.41 Å². The summed E-state index contributed by atoms with van der Waals surface area (Å²) in [6.45, 7) is 6.66. The van der Waals surface area contributed by atoms with Crippen LogP contribution in [0.5, 0.6) is 0 Å². The Morgan fingerprint density at radius 1 is 1.09 bits per heavy atom. The van der Waals surface area contributed by atoms with Gasteiger partial charge in [-0.15, -0.1) is 0 Å². The maximum Gasteiger partial charge on any atom is 0.337 e. The van der Waals surface area contributed by atoms with Crippen LogP contribution < -0.4 is 10.2 Å². The highest BCUT2D eigenvalue weighted by Crippen LogP contribution is 2.32. The number of imidazole rings is 1. The molecule has 34 heavy (non-hydrogen) atoms. The molecule has 0 bridgehead atoms. The van der Waals surface area contributed by atoms with Crippen molar-refractivity contribution >= 4 is 28.9 Å². The Labute approximate surface area is 198 Å². The van der Waals surface area contributed by atoms with Crippen molar-refractivity contribution in [3.05, 3.63) is 66.5 Å². The first-order valence-corrected chi connectivity index (χ1v) is 11.4. The second-order valence-electron chi connectivity index (χ2n) is 9.37. The molecule has 0 spiro atoms. The molecule has 1 aliphatic rings. The number of pyridine rings is 1. The number of esters is 1. The van der Waals surface area contributed by atoms with Gasteiger partial charge in [0.05, 0.1) is 24.1 Å². The Morgan fingerprint density at radius 2 is 1.88 bits per heavy atom. The highest BCUT2D eigenvalue weighted by atomic mass is 16.5. The van der Waals surface area contributed by atoms with Crippen molar-refractivity contribution in [2.75, 3.05) is 30.4 Å². The first-order chi connectivity index (χ1) is 16.4. The van der Waals surface area contributed by atoms with Gasteiger partial charge in [-0.05, 0) is 48.6 Å². The zero-order valence-electron chi connectivity index (χ0n) is 19.7. The van der Waals surface area contributed by atoms with Crippen molar-refractivity contribution in [3.63, 3.8) is 0 Å². The molecule has 8 heteroatoms. The summed E-state index contributed by atoms with van der Waals surface area (Å²) in [4.78, 5) is 23.7. The van der Waals surface area contributed by atoms with Gasteiger partial charge in [-0.25, -0.2) is 19.3 Å². The van der Waals surface area contributed by atoms with E-state index in [0.717, 1.165) is 48.8 Å². The number of carbonyl (C=O) groups excluding carboxylic acids is 1. The zero-order chi connectivity index (χ0) is 23.7. The summed E-state index contributed by atoms with van der Waals surface area (Å²) in [5, 5.41) is 8.11. The molecule has 3 aromatic heterocycles. The minimum Gasteiger partial charge on any atom is -0.465 e. The predicted octanol–water partition coefficient (Wildman–Crippen LogP) is 4.95. The molecule has 4 aromatic rings. The van der Waals surface area contributed by atoms with Crippen LogP contribution in [0.3, 0.4) is 0 Å². The van der Waals surface area contributed by atoms with E-state index >= 15 is 0 Å². The monoisotopic (exact) mass is 456 g/mol. The van der Waals surface area contributed by atoms with Crippen LogP contribution in [-0.2, 0) is 4.74 Å². The average Bonchev–Trinajstić information content (AvgIpc) is 3.33. The molecule has 174 valence electrons. The average molecular weight is 457 g/mol. The molecule has 1 fully saturated rings. The van der Waals surface area contributed by atoms with Crippen LogP contribution in [0.25, 0.3) is 16.9 Å². The number of aromatic nitrogens is 4. The third kappa shape index (κ3) is 4.44.